The fourth-order valence-electron chi connectivity index (χ4n) is 8.59. The molecular weight excluding hydrogens is 881 g/mol. The molecule has 0 spiro atoms. The van der Waals surface area contributed by atoms with Crippen molar-refractivity contribution in [3.05, 3.63) is 82.4 Å². The number of methoxy groups -OCH3 is 2. The van der Waals surface area contributed by atoms with Gasteiger partial charge in [-0.3, -0.25) is 34.2 Å². The van der Waals surface area contributed by atoms with Crippen molar-refractivity contribution < 1.29 is 57.2 Å². The smallest absolute Gasteiger partial charge is 0.337 e. The van der Waals surface area contributed by atoms with Gasteiger partial charge in [0.15, 0.2) is 11.5 Å². The van der Waals surface area contributed by atoms with Crippen LogP contribution in [0.15, 0.2) is 59.7 Å². The second-order valence-electron chi connectivity index (χ2n) is 16.5. The number of nitrogens with one attached hydrogen (secondary N) is 3. The summed E-state index contributed by atoms with van der Waals surface area (Å²) in [6.07, 6.45) is 1.01. The van der Waals surface area contributed by atoms with Crippen molar-refractivity contribution in [1.82, 2.24) is 25.4 Å². The zero-order valence-corrected chi connectivity index (χ0v) is 39.0. The first-order chi connectivity index (χ1) is 33.0. The van der Waals surface area contributed by atoms with Crippen LogP contribution >= 0.6 is 0 Å². The average molecular weight is 941 g/mol. The van der Waals surface area contributed by atoms with E-state index in [0.717, 1.165) is 27.3 Å². The van der Waals surface area contributed by atoms with Gasteiger partial charge in [0.1, 0.15) is 6.04 Å². The number of anilines is 2. The van der Waals surface area contributed by atoms with Crippen LogP contribution in [0.3, 0.4) is 0 Å². The van der Waals surface area contributed by atoms with Crippen LogP contribution < -0.4 is 30.3 Å². The van der Waals surface area contributed by atoms with E-state index in [1.165, 1.54) is 5.01 Å². The van der Waals surface area contributed by atoms with Gasteiger partial charge in [-0.15, -0.1) is 0 Å². The zero-order chi connectivity index (χ0) is 48.2. The van der Waals surface area contributed by atoms with E-state index in [0.29, 0.717) is 115 Å². The van der Waals surface area contributed by atoms with Crippen molar-refractivity contribution in [2.75, 3.05) is 117 Å². The molecule has 68 heavy (non-hydrogen) atoms. The minimum absolute atomic E-state index is 0.0489. The van der Waals surface area contributed by atoms with E-state index in [9.17, 15) is 28.8 Å². The molecule has 0 bridgehead atoms. The molecule has 3 N–H and O–H groups in total. The number of carbonyl (C=O) groups is 6. The van der Waals surface area contributed by atoms with Crippen LogP contribution in [0.2, 0.25) is 0 Å². The van der Waals surface area contributed by atoms with E-state index in [-0.39, 0.29) is 48.4 Å². The van der Waals surface area contributed by atoms with Crippen LogP contribution in [-0.2, 0) is 39.8 Å². The quantitative estimate of drug-likeness (QED) is 0.103. The van der Waals surface area contributed by atoms with Gasteiger partial charge >= 0.3 is 6.03 Å². The maximum Gasteiger partial charge on any atom is 0.337 e. The van der Waals surface area contributed by atoms with Crippen molar-refractivity contribution in [2.45, 2.75) is 44.7 Å². The molecule has 4 aliphatic heterocycles. The molecule has 4 aliphatic rings. The van der Waals surface area contributed by atoms with Gasteiger partial charge in [-0.1, -0.05) is 18.2 Å². The topological polar surface area (TPSA) is 219 Å². The second kappa shape index (κ2) is 23.4. The lowest BCUT2D eigenvalue weighted by Gasteiger charge is -2.36. The van der Waals surface area contributed by atoms with Gasteiger partial charge in [0.05, 0.1) is 96.4 Å². The molecule has 3 aromatic carbocycles. The van der Waals surface area contributed by atoms with Crippen LogP contribution in [0, 0.1) is 0 Å². The summed E-state index contributed by atoms with van der Waals surface area (Å²) in [6.45, 7) is 7.69. The molecule has 0 aliphatic carbocycles. The SMILES string of the molecule is CNC(=O)N1N=C(c2ccc(N3CCN(C(=O)CCOCCOCCOCCOCCNc4cccc5c4C(=O)N(C4CCC(=O)NC4=O)C5=O)CC3)cc2)c2cc(OC)c(OC)cc2C[C@H]1C. The number of piperazine rings is 1. The van der Waals surface area contributed by atoms with Crippen molar-refractivity contribution in [3.63, 3.8) is 0 Å². The molecule has 0 aromatic heterocycles. The number of amides is 7. The maximum atomic E-state index is 13.2. The van der Waals surface area contributed by atoms with Gasteiger partial charge < -0.3 is 48.9 Å². The number of nitrogens with zero attached hydrogens (tertiary/aromatic N) is 5. The Hall–Kier alpha value is -6.61. The first-order valence-electron chi connectivity index (χ1n) is 22.9. The molecule has 2 atom stereocenters. The number of hydrogen-bond acceptors (Lipinski definition) is 15. The van der Waals surface area contributed by atoms with Crippen molar-refractivity contribution in [3.8, 4) is 11.5 Å². The van der Waals surface area contributed by atoms with Crippen molar-refractivity contribution in [1.29, 1.82) is 0 Å². The summed E-state index contributed by atoms with van der Waals surface area (Å²) in [5, 5.41) is 14.4. The van der Waals surface area contributed by atoms with Crippen LogP contribution in [0.1, 0.15) is 63.6 Å². The fourth-order valence-corrected chi connectivity index (χ4v) is 8.59. The van der Waals surface area contributed by atoms with E-state index >= 15 is 0 Å². The maximum absolute atomic E-state index is 13.2. The minimum Gasteiger partial charge on any atom is -0.493 e. The first kappa shape index (κ1) is 49.3. The van der Waals surface area contributed by atoms with Crippen LogP contribution in [0.25, 0.3) is 0 Å². The van der Waals surface area contributed by atoms with E-state index in [4.69, 9.17) is 33.5 Å². The molecule has 2 saturated heterocycles. The number of carbonyl (C=O) groups excluding carboxylic acids is 6. The number of fused-ring (bicyclic) bond motifs is 2. The summed E-state index contributed by atoms with van der Waals surface area (Å²) in [5.74, 6) is -0.969. The highest BCUT2D eigenvalue weighted by Gasteiger charge is 2.45. The van der Waals surface area contributed by atoms with Gasteiger partial charge in [-0.25, -0.2) is 9.80 Å². The largest absolute Gasteiger partial charge is 0.493 e. The standard InChI is InChI=1S/C48H60N8O12/c1-31-28-33-29-39(63-3)40(64-4)30-36(33)44(52-56(31)48(62)49-2)32-8-10-34(11-9-32)53-16-18-54(19-17-53)42(58)14-20-65-22-24-67-26-27-68-25-23-66-21-15-50-37-7-5-6-35-43(37)47(61)55(46(35)60)38-12-13-41(57)51-45(38)59/h5-11,29-31,38,50H,12-28H2,1-4H3,(H,49,62)(H,51,57,59)/t31-,38?/m1/s1. The van der Waals surface area contributed by atoms with E-state index in [1.54, 1.807) is 39.5 Å². The Morgan fingerprint density at radius 3 is 2.07 bits per heavy atom. The first-order valence-corrected chi connectivity index (χ1v) is 22.9. The van der Waals surface area contributed by atoms with Gasteiger partial charge in [0.2, 0.25) is 17.7 Å². The number of hydrogen-bond donors (Lipinski definition) is 3. The third-order valence-electron chi connectivity index (χ3n) is 12.2. The Labute approximate surface area is 395 Å². The van der Waals surface area contributed by atoms with Gasteiger partial charge in [-0.05, 0) is 61.7 Å². The van der Waals surface area contributed by atoms with E-state index in [2.05, 4.69) is 20.9 Å². The van der Waals surface area contributed by atoms with Crippen molar-refractivity contribution in [2.24, 2.45) is 5.10 Å². The number of hydrazone groups is 1. The number of ether oxygens (including phenoxy) is 6. The van der Waals surface area contributed by atoms with Gasteiger partial charge in [0.25, 0.3) is 11.8 Å². The molecule has 20 heteroatoms. The van der Waals surface area contributed by atoms with E-state index < -0.39 is 29.7 Å². The molecule has 0 saturated carbocycles. The summed E-state index contributed by atoms with van der Waals surface area (Å²) >= 11 is 0. The normalized spacial score (nSPS) is 18.1. The van der Waals surface area contributed by atoms with E-state index in [1.807, 2.05) is 48.2 Å². The monoisotopic (exact) mass is 940 g/mol. The Balaban J connectivity index is 0.735. The lowest BCUT2D eigenvalue weighted by molar-refractivity contribution is -0.136. The molecule has 3 aromatic rings. The van der Waals surface area contributed by atoms with Crippen LogP contribution in [0.5, 0.6) is 11.5 Å². The highest BCUT2D eigenvalue weighted by molar-refractivity contribution is 6.25. The number of benzene rings is 3. The number of rotatable bonds is 21. The summed E-state index contributed by atoms with van der Waals surface area (Å²) in [5.41, 5.74) is 5.26. The molecule has 7 rings (SSSR count). The Morgan fingerprint density at radius 1 is 0.779 bits per heavy atom. The molecule has 2 fully saturated rings. The zero-order valence-electron chi connectivity index (χ0n) is 39.0. The Morgan fingerprint density at radius 2 is 1.43 bits per heavy atom. The summed E-state index contributed by atoms with van der Waals surface area (Å²) < 4.78 is 33.7. The molecule has 364 valence electrons. The third-order valence-corrected chi connectivity index (χ3v) is 12.2. The number of imide groups is 2. The molecule has 0 radical (unpaired) electrons. The number of urea groups is 1. The fraction of sp³-hybridized carbons (Fsp3) is 0.479. The predicted molar refractivity (Wildman–Crippen MR) is 249 cm³/mol. The molecule has 1 unspecified atom stereocenters. The summed E-state index contributed by atoms with van der Waals surface area (Å²) in [6, 6.07) is 15.4. The molecular formula is C48H60N8O12. The molecule has 7 amide bonds. The van der Waals surface area contributed by atoms with Crippen LogP contribution in [0.4, 0.5) is 16.2 Å². The second-order valence-corrected chi connectivity index (χ2v) is 16.5. The highest BCUT2D eigenvalue weighted by atomic mass is 16.6. The van der Waals surface area contributed by atoms with Crippen molar-refractivity contribution >= 4 is 52.7 Å². The summed E-state index contributed by atoms with van der Waals surface area (Å²) in [4.78, 5) is 81.1. The third kappa shape index (κ3) is 11.6. The van der Waals surface area contributed by atoms with Gasteiger partial charge in [-0.2, -0.15) is 5.10 Å². The van der Waals surface area contributed by atoms with Gasteiger partial charge in [0, 0.05) is 68.7 Å². The Bertz CT molecular complexity index is 2350. The van der Waals surface area contributed by atoms with Crippen LogP contribution in [-0.4, -0.2) is 175 Å². The average Bonchev–Trinajstić information content (AvgIpc) is 3.51. The predicted octanol–water partition coefficient (Wildman–Crippen LogP) is 2.66. The lowest BCUT2D eigenvalue weighted by atomic mass is 9.94. The summed E-state index contributed by atoms with van der Waals surface area (Å²) in [7, 11) is 4.79. The lowest BCUT2D eigenvalue weighted by Crippen LogP contribution is -2.54. The highest BCUT2D eigenvalue weighted by Crippen LogP contribution is 2.36. The Kier molecular flexibility index (Phi) is 17.0. The molecule has 4 heterocycles. The minimum atomic E-state index is -1.03. The number of piperidine rings is 1. The molecule has 20 nitrogen and oxygen atoms in total.